The highest BCUT2D eigenvalue weighted by atomic mass is 16.2. The Balaban J connectivity index is 1.71. The van der Waals surface area contributed by atoms with Gasteiger partial charge in [-0.2, -0.15) is 0 Å². The second-order valence-corrected chi connectivity index (χ2v) is 5.00. The number of rotatable bonds is 1. The molecule has 6 heteroatoms. The molecule has 0 unspecified atom stereocenters. The molecule has 0 radical (unpaired) electrons. The highest BCUT2D eigenvalue weighted by molar-refractivity contribution is 5.89. The number of urea groups is 1. The first kappa shape index (κ1) is 12.5. The molecule has 1 aromatic carbocycles. The normalized spacial score (nSPS) is 13.9. The maximum atomic E-state index is 12.2. The van der Waals surface area contributed by atoms with Crippen LogP contribution in [0.15, 0.2) is 29.1 Å². The molecule has 2 aromatic rings. The first-order valence-corrected chi connectivity index (χ1v) is 6.54. The van der Waals surface area contributed by atoms with Crippen LogP contribution >= 0.6 is 0 Å². The number of carbonyl (C=O) groups excluding carboxylic acids is 1. The van der Waals surface area contributed by atoms with Gasteiger partial charge in [-0.15, -0.1) is 0 Å². The maximum absolute atomic E-state index is 12.2. The van der Waals surface area contributed by atoms with E-state index >= 15 is 0 Å². The lowest BCUT2D eigenvalue weighted by molar-refractivity contribution is 0.206. The van der Waals surface area contributed by atoms with Crippen molar-refractivity contribution in [2.45, 2.75) is 19.9 Å². The lowest BCUT2D eigenvalue weighted by Crippen LogP contribution is -2.40. The van der Waals surface area contributed by atoms with E-state index in [1.54, 1.807) is 4.90 Å². The van der Waals surface area contributed by atoms with E-state index in [4.69, 9.17) is 0 Å². The van der Waals surface area contributed by atoms with Crippen molar-refractivity contribution >= 4 is 11.7 Å². The van der Waals surface area contributed by atoms with Gasteiger partial charge in [-0.1, -0.05) is 17.7 Å². The minimum absolute atomic E-state index is 0.146. The molecule has 104 valence electrons. The lowest BCUT2D eigenvalue weighted by atomic mass is 10.1. The zero-order valence-corrected chi connectivity index (χ0v) is 11.2. The van der Waals surface area contributed by atoms with Crippen molar-refractivity contribution in [3.8, 4) is 0 Å². The summed E-state index contributed by atoms with van der Waals surface area (Å²) in [7, 11) is 0. The molecule has 0 atom stereocenters. The summed E-state index contributed by atoms with van der Waals surface area (Å²) < 4.78 is 0. The van der Waals surface area contributed by atoms with Crippen LogP contribution in [0.2, 0.25) is 0 Å². The summed E-state index contributed by atoms with van der Waals surface area (Å²) in [6, 6.07) is 7.44. The van der Waals surface area contributed by atoms with E-state index in [0.29, 0.717) is 25.1 Å². The first-order chi connectivity index (χ1) is 9.63. The van der Waals surface area contributed by atoms with Crippen molar-refractivity contribution in [1.29, 1.82) is 0 Å². The summed E-state index contributed by atoms with van der Waals surface area (Å²) in [5.41, 5.74) is 3.30. The fourth-order valence-corrected chi connectivity index (χ4v) is 2.33. The van der Waals surface area contributed by atoms with Crippen molar-refractivity contribution in [2.75, 3.05) is 11.9 Å². The minimum atomic E-state index is -0.180. The SMILES string of the molecule is Cc1ccc(NC(=O)N2CCc3[nH][nH]c(=O)c3C2)cc1. The number of nitrogens with zero attached hydrogens (tertiary/aromatic N) is 1. The van der Waals surface area contributed by atoms with Gasteiger partial charge in [-0.25, -0.2) is 4.79 Å². The average Bonchev–Trinajstić information content (AvgIpc) is 2.82. The lowest BCUT2D eigenvalue weighted by Gasteiger charge is -2.26. The van der Waals surface area contributed by atoms with Gasteiger partial charge in [0.1, 0.15) is 0 Å². The molecule has 3 N–H and O–H groups in total. The molecular formula is C14H16N4O2. The van der Waals surface area contributed by atoms with Gasteiger partial charge in [-0.05, 0) is 19.1 Å². The van der Waals surface area contributed by atoms with Gasteiger partial charge in [0.2, 0.25) is 0 Å². The molecule has 0 bridgehead atoms. The fraction of sp³-hybridized carbons (Fsp3) is 0.286. The molecule has 1 aliphatic rings. The summed E-state index contributed by atoms with van der Waals surface area (Å²) in [5.74, 6) is 0. The Morgan fingerprint density at radius 2 is 2.00 bits per heavy atom. The van der Waals surface area contributed by atoms with E-state index in [-0.39, 0.29) is 11.6 Å². The minimum Gasteiger partial charge on any atom is -0.320 e. The Kier molecular flexibility index (Phi) is 3.06. The van der Waals surface area contributed by atoms with Gasteiger partial charge in [0.15, 0.2) is 0 Å². The van der Waals surface area contributed by atoms with E-state index in [1.807, 2.05) is 31.2 Å². The molecule has 20 heavy (non-hydrogen) atoms. The third-order valence-electron chi connectivity index (χ3n) is 3.54. The molecule has 0 saturated heterocycles. The smallest absolute Gasteiger partial charge is 0.320 e. The Labute approximate surface area is 115 Å². The number of H-pyrrole nitrogens is 2. The predicted octanol–water partition coefficient (Wildman–Crippen LogP) is 1.60. The number of carbonyl (C=O) groups is 1. The summed E-state index contributed by atoms with van der Waals surface area (Å²) in [4.78, 5) is 25.4. The van der Waals surface area contributed by atoms with Crippen LogP contribution in [0.1, 0.15) is 16.8 Å². The van der Waals surface area contributed by atoms with Gasteiger partial charge in [-0.3, -0.25) is 9.89 Å². The van der Waals surface area contributed by atoms with Crippen LogP contribution in [0.25, 0.3) is 0 Å². The van der Waals surface area contributed by atoms with Crippen LogP contribution in [-0.2, 0) is 13.0 Å². The third kappa shape index (κ3) is 2.32. The molecule has 6 nitrogen and oxygen atoms in total. The van der Waals surface area contributed by atoms with Crippen LogP contribution in [0.4, 0.5) is 10.5 Å². The monoisotopic (exact) mass is 272 g/mol. The molecule has 0 fully saturated rings. The molecule has 0 spiro atoms. The second kappa shape index (κ2) is 4.88. The highest BCUT2D eigenvalue weighted by Gasteiger charge is 2.23. The highest BCUT2D eigenvalue weighted by Crippen LogP contribution is 2.15. The predicted molar refractivity (Wildman–Crippen MR) is 75.7 cm³/mol. The number of hydrogen-bond acceptors (Lipinski definition) is 2. The van der Waals surface area contributed by atoms with Gasteiger partial charge < -0.3 is 15.3 Å². The Morgan fingerprint density at radius 1 is 1.25 bits per heavy atom. The van der Waals surface area contributed by atoms with E-state index in [2.05, 4.69) is 15.5 Å². The number of amides is 2. The molecule has 1 aliphatic heterocycles. The number of aryl methyl sites for hydroxylation is 1. The van der Waals surface area contributed by atoms with Crippen molar-refractivity contribution in [3.05, 3.63) is 51.4 Å². The van der Waals surface area contributed by atoms with Gasteiger partial charge >= 0.3 is 6.03 Å². The first-order valence-electron chi connectivity index (χ1n) is 6.54. The van der Waals surface area contributed by atoms with E-state index in [0.717, 1.165) is 16.9 Å². The summed E-state index contributed by atoms with van der Waals surface area (Å²) in [6.07, 6.45) is 0.662. The Morgan fingerprint density at radius 3 is 2.75 bits per heavy atom. The van der Waals surface area contributed by atoms with Crippen molar-refractivity contribution in [1.82, 2.24) is 15.1 Å². The van der Waals surface area contributed by atoms with Gasteiger partial charge in [0.05, 0.1) is 12.1 Å². The molecule has 0 aliphatic carbocycles. The van der Waals surface area contributed by atoms with E-state index in [9.17, 15) is 9.59 Å². The van der Waals surface area contributed by atoms with E-state index < -0.39 is 0 Å². The van der Waals surface area contributed by atoms with Crippen molar-refractivity contribution in [2.24, 2.45) is 0 Å². The largest absolute Gasteiger partial charge is 0.322 e. The summed E-state index contributed by atoms with van der Waals surface area (Å²) in [6.45, 7) is 2.93. The topological polar surface area (TPSA) is 81.0 Å². The number of hydrogen-bond donors (Lipinski definition) is 3. The quantitative estimate of drug-likeness (QED) is 0.737. The average molecular weight is 272 g/mol. The molecule has 0 saturated carbocycles. The standard InChI is InChI=1S/C14H16N4O2/c1-9-2-4-10(5-3-9)15-14(20)18-7-6-12-11(8-18)13(19)17-16-12/h2-5H,6-8H2,1H3,(H,15,20)(H2,16,17,19). The number of nitrogens with one attached hydrogen (secondary N) is 3. The molecule has 1 aromatic heterocycles. The molecule has 2 heterocycles. The summed E-state index contributed by atoms with van der Waals surface area (Å²) >= 11 is 0. The molecule has 3 rings (SSSR count). The van der Waals surface area contributed by atoms with Crippen LogP contribution in [0.3, 0.4) is 0 Å². The number of anilines is 1. The number of aromatic nitrogens is 2. The van der Waals surface area contributed by atoms with E-state index in [1.165, 1.54) is 0 Å². The van der Waals surface area contributed by atoms with Crippen LogP contribution < -0.4 is 10.9 Å². The Hall–Kier alpha value is -2.50. The zero-order valence-electron chi connectivity index (χ0n) is 11.2. The zero-order chi connectivity index (χ0) is 14.1. The fourth-order valence-electron chi connectivity index (χ4n) is 2.33. The third-order valence-corrected chi connectivity index (χ3v) is 3.54. The molecule has 2 amide bonds. The maximum Gasteiger partial charge on any atom is 0.322 e. The summed E-state index contributed by atoms with van der Waals surface area (Å²) in [5, 5.41) is 8.25. The number of fused-ring (bicyclic) bond motifs is 1. The van der Waals surface area contributed by atoms with Gasteiger partial charge in [0, 0.05) is 24.3 Å². The van der Waals surface area contributed by atoms with Crippen LogP contribution in [-0.4, -0.2) is 27.7 Å². The Bertz CT molecular complexity index is 684. The van der Waals surface area contributed by atoms with Crippen molar-refractivity contribution in [3.63, 3.8) is 0 Å². The molecular weight excluding hydrogens is 256 g/mol. The van der Waals surface area contributed by atoms with Crippen molar-refractivity contribution < 1.29 is 4.79 Å². The number of benzene rings is 1. The second-order valence-electron chi connectivity index (χ2n) is 5.00. The number of aromatic amines is 2. The van der Waals surface area contributed by atoms with Crippen LogP contribution in [0, 0.1) is 6.92 Å². The van der Waals surface area contributed by atoms with Crippen LogP contribution in [0.5, 0.6) is 0 Å². The van der Waals surface area contributed by atoms with Gasteiger partial charge in [0.25, 0.3) is 5.56 Å².